The lowest BCUT2D eigenvalue weighted by molar-refractivity contribution is 0.450. The summed E-state index contributed by atoms with van der Waals surface area (Å²) in [5.74, 6) is 1.02. The van der Waals surface area contributed by atoms with Crippen LogP contribution in [0, 0.1) is 0 Å². The van der Waals surface area contributed by atoms with Crippen LogP contribution in [0.4, 0.5) is 0 Å². The monoisotopic (exact) mass is 255 g/mol. The number of hydrogen-bond donors (Lipinski definition) is 1. The highest BCUT2D eigenvalue weighted by atomic mass is 35.5. The Morgan fingerprint density at radius 3 is 2.94 bits per heavy atom. The molecule has 0 saturated heterocycles. The van der Waals surface area contributed by atoms with Gasteiger partial charge in [-0.3, -0.25) is 0 Å². The highest BCUT2D eigenvalue weighted by Gasteiger charge is 2.36. The molecule has 0 saturated carbocycles. The maximum absolute atomic E-state index is 6.26. The van der Waals surface area contributed by atoms with Gasteiger partial charge in [0.2, 0.25) is 0 Å². The molecule has 0 spiro atoms. The molecular formula is C13H18ClNS. The Morgan fingerprint density at radius 2 is 2.25 bits per heavy atom. The van der Waals surface area contributed by atoms with Crippen molar-refractivity contribution in [2.24, 2.45) is 0 Å². The van der Waals surface area contributed by atoms with Gasteiger partial charge in [0.05, 0.1) is 0 Å². The zero-order chi connectivity index (χ0) is 11.8. The molecule has 1 unspecified atom stereocenters. The van der Waals surface area contributed by atoms with E-state index in [-0.39, 0.29) is 4.75 Å². The van der Waals surface area contributed by atoms with Crippen LogP contribution >= 0.6 is 23.4 Å². The van der Waals surface area contributed by atoms with Gasteiger partial charge in [-0.2, -0.15) is 0 Å². The topological polar surface area (TPSA) is 12.0 Å². The lowest BCUT2D eigenvalue weighted by Gasteiger charge is -2.40. The van der Waals surface area contributed by atoms with E-state index in [1.54, 1.807) is 0 Å². The zero-order valence-electron chi connectivity index (χ0n) is 10.0. The van der Waals surface area contributed by atoms with Crippen molar-refractivity contribution in [2.45, 2.75) is 37.3 Å². The van der Waals surface area contributed by atoms with Gasteiger partial charge in [-0.25, -0.2) is 0 Å². The first-order valence-electron chi connectivity index (χ1n) is 5.71. The molecule has 0 aromatic heterocycles. The first-order valence-corrected chi connectivity index (χ1v) is 7.07. The van der Waals surface area contributed by atoms with Gasteiger partial charge >= 0.3 is 0 Å². The number of thioether (sulfide) groups is 1. The molecule has 0 radical (unpaired) electrons. The van der Waals surface area contributed by atoms with E-state index in [1.807, 2.05) is 17.8 Å². The van der Waals surface area contributed by atoms with Crippen LogP contribution in [-0.4, -0.2) is 11.3 Å². The first kappa shape index (κ1) is 12.3. The second-order valence-electron chi connectivity index (χ2n) is 4.69. The normalized spacial score (nSPS) is 22.9. The molecule has 1 aromatic carbocycles. The van der Waals surface area contributed by atoms with E-state index < -0.39 is 0 Å². The molecule has 1 aromatic rings. The third kappa shape index (κ3) is 2.11. The average molecular weight is 256 g/mol. The molecule has 3 heteroatoms. The van der Waals surface area contributed by atoms with Gasteiger partial charge in [-0.15, -0.1) is 11.8 Å². The van der Waals surface area contributed by atoms with Gasteiger partial charge in [0.1, 0.15) is 0 Å². The Morgan fingerprint density at radius 1 is 1.50 bits per heavy atom. The lowest BCUT2D eigenvalue weighted by Crippen LogP contribution is -2.39. The maximum Gasteiger partial charge on any atom is 0.0467 e. The molecule has 0 bridgehead atoms. The molecule has 1 N–H and O–H groups in total. The van der Waals surface area contributed by atoms with Crippen LogP contribution in [0.2, 0.25) is 5.02 Å². The summed E-state index contributed by atoms with van der Waals surface area (Å²) >= 11 is 8.24. The van der Waals surface area contributed by atoms with E-state index in [1.165, 1.54) is 11.1 Å². The fraction of sp³-hybridized carbons (Fsp3) is 0.538. The molecule has 88 valence electrons. The number of halogens is 1. The molecule has 2 rings (SSSR count). The van der Waals surface area contributed by atoms with Crippen LogP contribution in [0.15, 0.2) is 18.2 Å². The minimum atomic E-state index is 0.230. The van der Waals surface area contributed by atoms with Crippen molar-refractivity contribution in [1.29, 1.82) is 0 Å². The van der Waals surface area contributed by atoms with E-state index >= 15 is 0 Å². The van der Waals surface area contributed by atoms with Crippen molar-refractivity contribution >= 4 is 23.4 Å². The van der Waals surface area contributed by atoms with Crippen LogP contribution < -0.4 is 5.32 Å². The van der Waals surface area contributed by atoms with E-state index in [0.717, 1.165) is 17.3 Å². The minimum Gasteiger partial charge on any atom is -0.309 e. The van der Waals surface area contributed by atoms with Gasteiger partial charge in [-0.05, 0) is 37.6 Å². The summed E-state index contributed by atoms with van der Waals surface area (Å²) in [6.45, 7) is 7.74. The fourth-order valence-electron chi connectivity index (χ4n) is 2.27. The molecule has 1 aliphatic heterocycles. The van der Waals surface area contributed by atoms with Gasteiger partial charge in [0.25, 0.3) is 0 Å². The van der Waals surface area contributed by atoms with Crippen LogP contribution in [0.3, 0.4) is 0 Å². The Kier molecular flexibility index (Phi) is 3.53. The van der Waals surface area contributed by atoms with E-state index in [4.69, 9.17) is 11.6 Å². The van der Waals surface area contributed by atoms with Crippen molar-refractivity contribution < 1.29 is 0 Å². The number of fused-ring (bicyclic) bond motifs is 1. The zero-order valence-corrected chi connectivity index (χ0v) is 11.6. The van der Waals surface area contributed by atoms with Gasteiger partial charge in [0, 0.05) is 21.6 Å². The quantitative estimate of drug-likeness (QED) is 0.857. The summed E-state index contributed by atoms with van der Waals surface area (Å²) < 4.78 is 0.230. The smallest absolute Gasteiger partial charge is 0.0467 e. The summed E-state index contributed by atoms with van der Waals surface area (Å²) in [6, 6.07) is 6.64. The number of benzene rings is 1. The number of rotatable bonds is 2. The molecule has 1 nitrogen and oxygen atoms in total. The second kappa shape index (κ2) is 4.59. The summed E-state index contributed by atoms with van der Waals surface area (Å²) in [5.41, 5.74) is 2.68. The molecule has 0 amide bonds. The predicted molar refractivity (Wildman–Crippen MR) is 73.2 cm³/mol. The SMILES string of the molecule is CCNC1c2cccc(Cl)c2CSC1(C)C. The van der Waals surface area contributed by atoms with Crippen LogP contribution in [-0.2, 0) is 5.75 Å². The van der Waals surface area contributed by atoms with Crippen molar-refractivity contribution in [3.05, 3.63) is 34.3 Å². The second-order valence-corrected chi connectivity index (χ2v) is 6.73. The Labute approximate surface area is 107 Å². The fourth-order valence-corrected chi connectivity index (χ4v) is 3.82. The predicted octanol–water partition coefficient (Wildman–Crippen LogP) is 4.02. The highest BCUT2D eigenvalue weighted by Crippen LogP contribution is 2.47. The average Bonchev–Trinajstić information content (AvgIpc) is 2.23. The molecule has 16 heavy (non-hydrogen) atoms. The molecule has 1 aliphatic rings. The van der Waals surface area contributed by atoms with Gasteiger partial charge in [-0.1, -0.05) is 30.7 Å². The first-order chi connectivity index (χ1) is 7.56. The molecule has 0 fully saturated rings. The molecule has 1 heterocycles. The largest absolute Gasteiger partial charge is 0.309 e. The Hall–Kier alpha value is -0.180. The van der Waals surface area contributed by atoms with Gasteiger partial charge < -0.3 is 5.32 Å². The number of nitrogens with one attached hydrogen (secondary N) is 1. The summed E-state index contributed by atoms with van der Waals surface area (Å²) in [4.78, 5) is 0. The maximum atomic E-state index is 6.26. The van der Waals surface area contributed by atoms with Crippen LogP contribution in [0.1, 0.15) is 37.9 Å². The lowest BCUT2D eigenvalue weighted by atomic mass is 9.91. The van der Waals surface area contributed by atoms with Crippen molar-refractivity contribution in [3.8, 4) is 0 Å². The molecular weight excluding hydrogens is 238 g/mol. The van der Waals surface area contributed by atoms with Crippen molar-refractivity contribution in [3.63, 3.8) is 0 Å². The Bertz CT molecular complexity index is 390. The van der Waals surface area contributed by atoms with Crippen LogP contribution in [0.5, 0.6) is 0 Å². The van der Waals surface area contributed by atoms with Crippen molar-refractivity contribution in [1.82, 2.24) is 5.32 Å². The third-order valence-electron chi connectivity index (χ3n) is 3.16. The van der Waals surface area contributed by atoms with E-state index in [0.29, 0.717) is 6.04 Å². The highest BCUT2D eigenvalue weighted by molar-refractivity contribution is 8.00. The standard InChI is InChI=1S/C13H18ClNS/c1-4-15-12-9-6-5-7-11(14)10(9)8-16-13(12,2)3/h5-7,12,15H,4,8H2,1-3H3. The summed E-state index contributed by atoms with van der Waals surface area (Å²) in [7, 11) is 0. The van der Waals surface area contributed by atoms with Crippen molar-refractivity contribution in [2.75, 3.05) is 6.54 Å². The van der Waals surface area contributed by atoms with Gasteiger partial charge in [0.15, 0.2) is 0 Å². The minimum absolute atomic E-state index is 0.230. The Balaban J connectivity index is 2.46. The summed E-state index contributed by atoms with van der Waals surface area (Å²) in [6.07, 6.45) is 0. The molecule has 0 aliphatic carbocycles. The van der Waals surface area contributed by atoms with E-state index in [9.17, 15) is 0 Å². The summed E-state index contributed by atoms with van der Waals surface area (Å²) in [5, 5.41) is 4.48. The molecule has 1 atom stereocenters. The van der Waals surface area contributed by atoms with Crippen LogP contribution in [0.25, 0.3) is 0 Å². The third-order valence-corrected chi connectivity index (χ3v) is 4.92. The van der Waals surface area contributed by atoms with E-state index in [2.05, 4.69) is 38.2 Å². The number of hydrogen-bond acceptors (Lipinski definition) is 2.